The number of aromatic nitrogens is 3. The number of benzene rings is 2. The third-order valence-electron chi connectivity index (χ3n) is 5.51. The van der Waals surface area contributed by atoms with E-state index >= 15 is 0 Å². The first-order valence-corrected chi connectivity index (χ1v) is 10.7. The maximum absolute atomic E-state index is 12.7. The molecule has 30 heavy (non-hydrogen) atoms. The van der Waals surface area contributed by atoms with Crippen molar-refractivity contribution >= 4 is 34.8 Å². The fourth-order valence-electron chi connectivity index (χ4n) is 3.85. The second kappa shape index (κ2) is 8.66. The number of hydrogen-bond donors (Lipinski definition) is 1. The molecule has 2 aromatic carbocycles. The number of hydrogen-bond acceptors (Lipinski definition) is 4. The van der Waals surface area contributed by atoms with Crippen molar-refractivity contribution in [2.75, 3.05) is 24.5 Å². The SMILES string of the molecule is Cc1ccc(Cl)cc1N1CC[C@@H](CNC(=O)c2nnn(-c3cccc(Cl)c3)c2C)C1. The van der Waals surface area contributed by atoms with Crippen molar-refractivity contribution in [3.05, 3.63) is 69.5 Å². The molecule has 0 unspecified atom stereocenters. The molecule has 156 valence electrons. The van der Waals surface area contributed by atoms with E-state index in [0.717, 1.165) is 35.9 Å². The second-order valence-corrected chi connectivity index (χ2v) is 8.53. The number of aryl methyl sites for hydroxylation is 1. The zero-order valence-corrected chi connectivity index (χ0v) is 18.4. The van der Waals surface area contributed by atoms with Gasteiger partial charge in [-0.1, -0.05) is 40.5 Å². The van der Waals surface area contributed by atoms with Crippen LogP contribution in [0.15, 0.2) is 42.5 Å². The minimum atomic E-state index is -0.210. The quantitative estimate of drug-likeness (QED) is 0.632. The van der Waals surface area contributed by atoms with Crippen LogP contribution in [0.2, 0.25) is 10.0 Å². The van der Waals surface area contributed by atoms with E-state index in [1.54, 1.807) is 16.8 Å². The average molecular weight is 444 g/mol. The molecular formula is C22H23Cl2N5O. The van der Waals surface area contributed by atoms with E-state index in [1.165, 1.54) is 5.56 Å². The molecule has 2 heterocycles. The van der Waals surface area contributed by atoms with E-state index in [9.17, 15) is 4.79 Å². The van der Waals surface area contributed by atoms with Crippen LogP contribution in [0.25, 0.3) is 5.69 Å². The molecule has 1 atom stereocenters. The van der Waals surface area contributed by atoms with Gasteiger partial charge < -0.3 is 10.2 Å². The van der Waals surface area contributed by atoms with E-state index in [1.807, 2.05) is 37.3 Å². The Balaban J connectivity index is 1.38. The zero-order chi connectivity index (χ0) is 21.3. The van der Waals surface area contributed by atoms with E-state index < -0.39 is 0 Å². The van der Waals surface area contributed by atoms with Gasteiger partial charge in [-0.3, -0.25) is 4.79 Å². The van der Waals surface area contributed by atoms with Crippen molar-refractivity contribution in [3.63, 3.8) is 0 Å². The van der Waals surface area contributed by atoms with E-state index in [-0.39, 0.29) is 5.91 Å². The molecule has 0 saturated carbocycles. The van der Waals surface area contributed by atoms with Crippen molar-refractivity contribution in [2.45, 2.75) is 20.3 Å². The number of carbonyl (C=O) groups is 1. The summed E-state index contributed by atoms with van der Waals surface area (Å²) in [6.45, 7) is 6.35. The highest BCUT2D eigenvalue weighted by Crippen LogP contribution is 2.29. The van der Waals surface area contributed by atoms with Gasteiger partial charge in [0.15, 0.2) is 5.69 Å². The van der Waals surface area contributed by atoms with Gasteiger partial charge in [0, 0.05) is 35.4 Å². The van der Waals surface area contributed by atoms with Gasteiger partial charge >= 0.3 is 0 Å². The number of amides is 1. The Morgan fingerprint density at radius 1 is 1.17 bits per heavy atom. The van der Waals surface area contributed by atoms with Crippen molar-refractivity contribution in [1.82, 2.24) is 20.3 Å². The largest absolute Gasteiger partial charge is 0.371 e. The van der Waals surface area contributed by atoms with Crippen molar-refractivity contribution in [3.8, 4) is 5.69 Å². The standard InChI is InChI=1S/C22H23Cl2N5O/c1-14-6-7-18(24)11-20(14)28-9-8-16(13-28)12-25-22(30)21-15(2)29(27-26-21)19-5-3-4-17(23)10-19/h3-7,10-11,16H,8-9,12-13H2,1-2H3,(H,25,30)/t16-/m0/s1. The van der Waals surface area contributed by atoms with Crippen molar-refractivity contribution < 1.29 is 4.79 Å². The van der Waals surface area contributed by atoms with Gasteiger partial charge in [-0.25, -0.2) is 4.68 Å². The molecule has 8 heteroatoms. The van der Waals surface area contributed by atoms with Crippen molar-refractivity contribution in [1.29, 1.82) is 0 Å². The van der Waals surface area contributed by atoms with Crippen LogP contribution in [0.3, 0.4) is 0 Å². The summed E-state index contributed by atoms with van der Waals surface area (Å²) in [7, 11) is 0. The highest BCUT2D eigenvalue weighted by atomic mass is 35.5. The Labute approximate surface area is 185 Å². The fourth-order valence-corrected chi connectivity index (χ4v) is 4.21. The fraction of sp³-hybridized carbons (Fsp3) is 0.318. The van der Waals surface area contributed by atoms with Crippen LogP contribution in [0.4, 0.5) is 5.69 Å². The normalized spacial score (nSPS) is 16.1. The molecule has 0 bridgehead atoms. The van der Waals surface area contributed by atoms with Crippen molar-refractivity contribution in [2.24, 2.45) is 5.92 Å². The summed E-state index contributed by atoms with van der Waals surface area (Å²) in [6.07, 6.45) is 1.01. The summed E-state index contributed by atoms with van der Waals surface area (Å²) in [5.74, 6) is 0.161. The zero-order valence-electron chi connectivity index (χ0n) is 16.9. The average Bonchev–Trinajstić information content (AvgIpc) is 3.35. The van der Waals surface area contributed by atoms with Gasteiger partial charge in [-0.2, -0.15) is 0 Å². The third-order valence-corrected chi connectivity index (χ3v) is 5.98. The Bertz CT molecular complexity index is 1080. The molecule has 0 aliphatic carbocycles. The first kappa shape index (κ1) is 20.7. The predicted molar refractivity (Wildman–Crippen MR) is 120 cm³/mol. The minimum Gasteiger partial charge on any atom is -0.371 e. The number of rotatable bonds is 5. The molecule has 4 rings (SSSR count). The first-order chi connectivity index (χ1) is 14.4. The maximum atomic E-state index is 12.7. The summed E-state index contributed by atoms with van der Waals surface area (Å²) in [6, 6.07) is 13.3. The Kier molecular flexibility index (Phi) is 5.97. The highest BCUT2D eigenvalue weighted by Gasteiger charge is 2.25. The molecule has 3 aromatic rings. The van der Waals surface area contributed by atoms with Gasteiger partial charge in [-0.05, 0) is 62.1 Å². The van der Waals surface area contributed by atoms with E-state index in [4.69, 9.17) is 23.2 Å². The summed E-state index contributed by atoms with van der Waals surface area (Å²) in [5.41, 5.74) is 4.15. The lowest BCUT2D eigenvalue weighted by molar-refractivity contribution is 0.0942. The van der Waals surface area contributed by atoms with Gasteiger partial charge in [0.05, 0.1) is 11.4 Å². The van der Waals surface area contributed by atoms with Gasteiger partial charge in [0.1, 0.15) is 0 Å². The van der Waals surface area contributed by atoms with Crippen LogP contribution >= 0.6 is 23.2 Å². The monoisotopic (exact) mass is 443 g/mol. The lowest BCUT2D eigenvalue weighted by Gasteiger charge is -2.21. The minimum absolute atomic E-state index is 0.210. The molecule has 1 aliphatic rings. The number of nitrogens with one attached hydrogen (secondary N) is 1. The Morgan fingerprint density at radius 3 is 2.77 bits per heavy atom. The van der Waals surface area contributed by atoms with Gasteiger partial charge in [0.25, 0.3) is 5.91 Å². The van der Waals surface area contributed by atoms with E-state index in [0.29, 0.717) is 28.9 Å². The molecule has 1 aliphatic heterocycles. The molecule has 1 fully saturated rings. The molecule has 1 aromatic heterocycles. The summed E-state index contributed by atoms with van der Waals surface area (Å²) in [5, 5.41) is 12.6. The number of carbonyl (C=O) groups excluding carboxylic acids is 1. The molecule has 0 spiro atoms. The summed E-state index contributed by atoms with van der Waals surface area (Å²) in [4.78, 5) is 15.0. The molecular weight excluding hydrogens is 421 g/mol. The van der Waals surface area contributed by atoms with Crippen LogP contribution in [-0.4, -0.2) is 40.5 Å². The molecule has 1 amide bonds. The third kappa shape index (κ3) is 4.30. The maximum Gasteiger partial charge on any atom is 0.273 e. The predicted octanol–water partition coefficient (Wildman–Crippen LogP) is 4.45. The Morgan fingerprint density at radius 2 is 1.97 bits per heavy atom. The number of halogens is 2. The van der Waals surface area contributed by atoms with Crippen LogP contribution < -0.4 is 10.2 Å². The van der Waals surface area contributed by atoms with Gasteiger partial charge in [-0.15, -0.1) is 5.10 Å². The lowest BCUT2D eigenvalue weighted by atomic mass is 10.1. The molecule has 1 N–H and O–H groups in total. The lowest BCUT2D eigenvalue weighted by Crippen LogP contribution is -2.31. The molecule has 0 radical (unpaired) electrons. The van der Waals surface area contributed by atoms with Crippen LogP contribution in [0.5, 0.6) is 0 Å². The summed E-state index contributed by atoms with van der Waals surface area (Å²) >= 11 is 12.2. The highest BCUT2D eigenvalue weighted by molar-refractivity contribution is 6.31. The number of nitrogens with zero attached hydrogens (tertiary/aromatic N) is 4. The second-order valence-electron chi connectivity index (χ2n) is 7.66. The van der Waals surface area contributed by atoms with E-state index in [2.05, 4.69) is 27.5 Å². The summed E-state index contributed by atoms with van der Waals surface area (Å²) < 4.78 is 1.63. The molecule has 1 saturated heterocycles. The topological polar surface area (TPSA) is 63.1 Å². The van der Waals surface area contributed by atoms with Crippen LogP contribution in [-0.2, 0) is 0 Å². The first-order valence-electron chi connectivity index (χ1n) is 9.90. The van der Waals surface area contributed by atoms with Crippen LogP contribution in [0, 0.1) is 19.8 Å². The smallest absolute Gasteiger partial charge is 0.273 e. The Hall–Kier alpha value is -2.57. The molecule has 6 nitrogen and oxygen atoms in total. The van der Waals surface area contributed by atoms with Gasteiger partial charge in [0.2, 0.25) is 0 Å². The van der Waals surface area contributed by atoms with Crippen LogP contribution in [0.1, 0.15) is 28.2 Å². The number of anilines is 1.